The lowest BCUT2D eigenvalue weighted by Gasteiger charge is -2.22. The molecule has 1 aliphatic rings. The molecule has 0 radical (unpaired) electrons. The number of hydrogen-bond acceptors (Lipinski definition) is 0. The molecule has 6 rings (SSSR count). The van der Waals surface area contributed by atoms with Gasteiger partial charge >= 0.3 is 0 Å². The topological polar surface area (TPSA) is 0 Å². The highest BCUT2D eigenvalue weighted by molar-refractivity contribution is 5.37. The molecular weight excluding hydrogens is 649 g/mol. The summed E-state index contributed by atoms with van der Waals surface area (Å²) in [6.07, 6.45) is 5.89. The van der Waals surface area contributed by atoms with E-state index in [-0.39, 0.29) is 0 Å². The highest BCUT2D eigenvalue weighted by Gasteiger charge is 2.13. The predicted molar refractivity (Wildman–Crippen MR) is 245 cm³/mol. The molecular formula is C54H78. The van der Waals surface area contributed by atoms with Crippen LogP contribution in [0.2, 0.25) is 0 Å². The summed E-state index contributed by atoms with van der Waals surface area (Å²) in [4.78, 5) is 0. The van der Waals surface area contributed by atoms with Crippen molar-refractivity contribution in [3.05, 3.63) is 174 Å². The van der Waals surface area contributed by atoms with Gasteiger partial charge in [0.05, 0.1) is 0 Å². The van der Waals surface area contributed by atoms with Crippen molar-refractivity contribution in [2.75, 3.05) is 0 Å². The molecule has 0 N–H and O–H groups in total. The zero-order valence-corrected chi connectivity index (χ0v) is 38.1. The van der Waals surface area contributed by atoms with Gasteiger partial charge in [0.1, 0.15) is 0 Å². The lowest BCUT2D eigenvalue weighted by molar-refractivity contribution is 0.308. The molecule has 0 aromatic heterocycles. The second-order valence-electron chi connectivity index (χ2n) is 16.7. The number of aryl methyl sites for hydroxylation is 14. The van der Waals surface area contributed by atoms with Crippen molar-refractivity contribution in [2.24, 2.45) is 11.8 Å². The van der Waals surface area contributed by atoms with E-state index in [9.17, 15) is 0 Å². The minimum Gasteiger partial charge on any atom is -0.0625 e. The quantitative estimate of drug-likeness (QED) is 0.149. The Morgan fingerprint density at radius 2 is 0.481 bits per heavy atom. The van der Waals surface area contributed by atoms with Gasteiger partial charge in [-0.15, -0.1) is 0 Å². The van der Waals surface area contributed by atoms with E-state index in [4.69, 9.17) is 0 Å². The average Bonchev–Trinajstić information content (AvgIpc) is 3.10. The first-order valence-corrected chi connectivity index (χ1v) is 20.4. The monoisotopic (exact) mass is 727 g/mol. The van der Waals surface area contributed by atoms with Crippen molar-refractivity contribution in [3.8, 4) is 0 Å². The summed E-state index contributed by atoms with van der Waals surface area (Å²) < 4.78 is 0. The molecule has 0 amide bonds. The molecule has 5 aromatic rings. The summed E-state index contributed by atoms with van der Waals surface area (Å²) in [6, 6.07) is 30.4. The number of rotatable bonds is 0. The van der Waals surface area contributed by atoms with Crippen LogP contribution in [-0.2, 0) is 0 Å². The first kappa shape index (κ1) is 48.1. The van der Waals surface area contributed by atoms with Gasteiger partial charge in [-0.3, -0.25) is 0 Å². The van der Waals surface area contributed by atoms with Crippen LogP contribution in [0.25, 0.3) is 0 Å². The largest absolute Gasteiger partial charge is 0.0625 e. The maximum atomic E-state index is 2.37. The third-order valence-electron chi connectivity index (χ3n) is 11.0. The molecule has 1 fully saturated rings. The van der Waals surface area contributed by atoms with Crippen LogP contribution in [0.5, 0.6) is 0 Å². The molecule has 0 unspecified atom stereocenters. The molecule has 0 saturated heterocycles. The van der Waals surface area contributed by atoms with Gasteiger partial charge in [0, 0.05) is 0 Å². The summed E-state index contributed by atoms with van der Waals surface area (Å²) in [6.45, 7) is 39.0. The van der Waals surface area contributed by atoms with Crippen LogP contribution in [-0.4, -0.2) is 0 Å². The van der Waals surface area contributed by atoms with Gasteiger partial charge in [-0.1, -0.05) is 158 Å². The summed E-state index contributed by atoms with van der Waals surface area (Å²) in [7, 11) is 0. The third-order valence-corrected chi connectivity index (χ3v) is 11.0. The normalized spacial score (nSPS) is 14.2. The Labute approximate surface area is 334 Å². The highest BCUT2D eigenvalue weighted by atomic mass is 14.2. The van der Waals surface area contributed by atoms with E-state index in [1.54, 1.807) is 0 Å². The van der Waals surface area contributed by atoms with E-state index in [0.717, 1.165) is 11.8 Å². The molecule has 294 valence electrons. The van der Waals surface area contributed by atoms with Gasteiger partial charge in [-0.2, -0.15) is 0 Å². The van der Waals surface area contributed by atoms with Crippen LogP contribution in [0.1, 0.15) is 129 Å². The fraction of sp³-hybridized carbons (Fsp3) is 0.444. The van der Waals surface area contributed by atoms with Gasteiger partial charge in [-0.25, -0.2) is 0 Å². The molecule has 1 aliphatic carbocycles. The van der Waals surface area contributed by atoms with Crippen molar-refractivity contribution < 1.29 is 0 Å². The SMILES string of the molecule is CC1CCC(C)CC1.Cc1cc(C)c(C)c(C)c1.Cc1cc(C)c(C)c(C)c1.Cc1ccc(C)c(C)c1.Cc1ccc(C)c(C)c1.Cc1ccc(C)cc1. The van der Waals surface area contributed by atoms with Crippen LogP contribution >= 0.6 is 0 Å². The van der Waals surface area contributed by atoms with Crippen LogP contribution < -0.4 is 0 Å². The van der Waals surface area contributed by atoms with Gasteiger partial charge in [-0.05, 0) is 178 Å². The van der Waals surface area contributed by atoms with Gasteiger partial charge < -0.3 is 0 Å². The van der Waals surface area contributed by atoms with Crippen molar-refractivity contribution in [1.29, 1.82) is 0 Å². The van der Waals surface area contributed by atoms with Crippen LogP contribution in [0.15, 0.2) is 84.9 Å². The van der Waals surface area contributed by atoms with Crippen LogP contribution in [0, 0.1) is 123 Å². The van der Waals surface area contributed by atoms with Gasteiger partial charge in [0.2, 0.25) is 0 Å². The maximum Gasteiger partial charge on any atom is -0.0392 e. The molecule has 0 spiro atoms. The molecule has 54 heavy (non-hydrogen) atoms. The Morgan fingerprint density at radius 3 is 0.704 bits per heavy atom. The van der Waals surface area contributed by atoms with E-state index in [2.05, 4.69) is 210 Å². The Hall–Kier alpha value is -3.90. The fourth-order valence-electron chi connectivity index (χ4n) is 6.35. The summed E-state index contributed by atoms with van der Waals surface area (Å²) in [5, 5.41) is 0. The smallest absolute Gasteiger partial charge is 0.0392 e. The molecule has 0 nitrogen and oxygen atoms in total. The van der Waals surface area contributed by atoms with E-state index >= 15 is 0 Å². The van der Waals surface area contributed by atoms with Crippen molar-refractivity contribution in [3.63, 3.8) is 0 Å². The lowest BCUT2D eigenvalue weighted by Crippen LogP contribution is -2.08. The molecule has 0 aliphatic heterocycles. The second-order valence-corrected chi connectivity index (χ2v) is 16.7. The molecule has 5 aromatic carbocycles. The van der Waals surface area contributed by atoms with Crippen molar-refractivity contribution >= 4 is 0 Å². The Bertz CT molecular complexity index is 1640. The summed E-state index contributed by atoms with van der Waals surface area (Å²) in [5.41, 5.74) is 22.0. The standard InChI is InChI=1S/2C10H14.2C9H12.C8H16.C8H10/c2*1-7-5-8(2)10(4)9(3)6-7;2*1-7-4-5-8(2)9(3)6-7;2*1-7-3-5-8(2)6-4-7/h2*5-6H,1-4H3;2*4-6H,1-3H3;7-8H,3-6H2,1-2H3;3-6H,1-2H3. The minimum absolute atomic E-state index is 1.02. The first-order chi connectivity index (χ1) is 25.2. The third kappa shape index (κ3) is 19.4. The zero-order valence-electron chi connectivity index (χ0n) is 38.1. The van der Waals surface area contributed by atoms with Crippen LogP contribution in [0.3, 0.4) is 0 Å². The van der Waals surface area contributed by atoms with Gasteiger partial charge in [0.15, 0.2) is 0 Å². The minimum atomic E-state index is 1.02. The maximum absolute atomic E-state index is 2.37. The predicted octanol–water partition coefficient (Wildman–Crippen LogP) is 16.2. The van der Waals surface area contributed by atoms with Gasteiger partial charge in [0.25, 0.3) is 0 Å². The molecule has 0 heterocycles. The second kappa shape index (κ2) is 24.5. The summed E-state index contributed by atoms with van der Waals surface area (Å²) >= 11 is 0. The Kier molecular flexibility index (Phi) is 21.8. The molecule has 0 atom stereocenters. The lowest BCUT2D eigenvalue weighted by atomic mass is 9.84. The van der Waals surface area contributed by atoms with Crippen LogP contribution in [0.4, 0.5) is 0 Å². The first-order valence-electron chi connectivity index (χ1n) is 20.4. The zero-order chi connectivity index (χ0) is 41.1. The van der Waals surface area contributed by atoms with Crippen molar-refractivity contribution in [1.82, 2.24) is 0 Å². The number of benzene rings is 5. The molecule has 1 saturated carbocycles. The average molecular weight is 727 g/mol. The highest BCUT2D eigenvalue weighted by Crippen LogP contribution is 2.27. The molecule has 0 heteroatoms. The fourth-order valence-corrected chi connectivity index (χ4v) is 6.35. The van der Waals surface area contributed by atoms with E-state index < -0.39 is 0 Å². The summed E-state index contributed by atoms with van der Waals surface area (Å²) in [5.74, 6) is 2.04. The van der Waals surface area contributed by atoms with E-state index in [0.29, 0.717) is 0 Å². The Balaban J connectivity index is 0.000000325. The number of hydrogen-bond donors (Lipinski definition) is 0. The Morgan fingerprint density at radius 1 is 0.259 bits per heavy atom. The van der Waals surface area contributed by atoms with Crippen molar-refractivity contribution in [2.45, 2.75) is 150 Å². The van der Waals surface area contributed by atoms with E-state index in [1.807, 2.05) is 0 Å². The van der Waals surface area contributed by atoms with E-state index in [1.165, 1.54) is 115 Å². The molecule has 0 bridgehead atoms.